The van der Waals surface area contributed by atoms with Crippen LogP contribution < -0.4 is 37.2 Å². The first-order valence-electron chi connectivity index (χ1n) is 29.2. The van der Waals surface area contributed by atoms with Crippen molar-refractivity contribution in [1.82, 2.24) is 37.2 Å². The number of amides is 7. The van der Waals surface area contributed by atoms with Gasteiger partial charge in [-0.3, -0.25) is 19.2 Å². The first-order chi connectivity index (χ1) is 38.4. The molecule has 0 radical (unpaired) electrons. The van der Waals surface area contributed by atoms with Gasteiger partial charge in [-0.1, -0.05) is 49.6 Å². The molecule has 1 aromatic rings. The Bertz CT molecular complexity index is 2210. The Labute approximate surface area is 492 Å². The zero-order valence-electron chi connectivity index (χ0n) is 52.4. The van der Waals surface area contributed by atoms with Crippen molar-refractivity contribution in [2.45, 2.75) is 265 Å². The lowest BCUT2D eigenvalue weighted by molar-refractivity contribution is -0.160. The van der Waals surface area contributed by atoms with Crippen molar-refractivity contribution in [3.63, 3.8) is 0 Å². The van der Waals surface area contributed by atoms with Crippen molar-refractivity contribution in [3.8, 4) is 0 Å². The van der Waals surface area contributed by atoms with Crippen LogP contribution in [0.15, 0.2) is 30.3 Å². The predicted octanol–water partition coefficient (Wildman–Crippen LogP) is 8.17. The molecule has 23 heteroatoms. The fraction of sp³-hybridized carbons (Fsp3) is 0.733. The van der Waals surface area contributed by atoms with Crippen LogP contribution in [0.1, 0.15) is 212 Å². The minimum atomic E-state index is -1.27. The number of esters is 4. The van der Waals surface area contributed by atoms with E-state index in [4.69, 9.17) is 28.4 Å². The van der Waals surface area contributed by atoms with Gasteiger partial charge in [0.2, 0.25) is 17.7 Å². The molecule has 23 nitrogen and oxygen atoms in total. The van der Waals surface area contributed by atoms with E-state index < -0.39 is 100 Å². The van der Waals surface area contributed by atoms with E-state index in [1.807, 2.05) is 30.3 Å². The molecule has 0 aromatic heterocycles. The van der Waals surface area contributed by atoms with Gasteiger partial charge in [0.25, 0.3) is 0 Å². The third kappa shape index (κ3) is 40.2. The zero-order chi connectivity index (χ0) is 63.0. The average Bonchev–Trinajstić information content (AvgIpc) is 3.39. The zero-order valence-corrected chi connectivity index (χ0v) is 52.4. The molecule has 472 valence electrons. The van der Waals surface area contributed by atoms with Crippen LogP contribution in [0.5, 0.6) is 0 Å². The van der Waals surface area contributed by atoms with Gasteiger partial charge < -0.3 is 65.6 Å². The lowest BCUT2D eigenvalue weighted by atomic mass is 10.0. The van der Waals surface area contributed by atoms with Gasteiger partial charge in [0.05, 0.1) is 0 Å². The van der Waals surface area contributed by atoms with Gasteiger partial charge in [0, 0.05) is 38.9 Å². The van der Waals surface area contributed by atoms with E-state index in [1.54, 1.807) is 104 Å². The Kier molecular flexibility index (Phi) is 33.0. The number of unbranched alkanes of at least 4 members (excludes halogenated alkanes) is 6. The standard InChI is InChI=1S/C60H101N7O16/c1-56(2,3)79-48(70)36-34-45(52(74)82-59(10,11)12)67-53(75)66-44(51(73)81-58(7,8)9)33-35-46(68)61-37-25-18-16-17-22-32-47(69)64-42(30-23-26-39-63-55(77)83-60(13,14)15)49(71)65-43(50(72)80-57(4,5)6)31-24-27-38-62-54(76)78-40-41-28-20-19-21-29-41/h19-21,28-29,42-45H,16-18,22-27,30-40H2,1-15H3,(H,61,68)(H,62,76)(H,63,77)(H,64,69)(H,65,71)(H2,66,67,75). The summed E-state index contributed by atoms with van der Waals surface area (Å²) >= 11 is 0. The summed E-state index contributed by atoms with van der Waals surface area (Å²) in [6.07, 6.45) is 3.81. The Hall–Kier alpha value is -6.68. The van der Waals surface area contributed by atoms with Crippen LogP contribution >= 0.6 is 0 Å². The second-order valence-electron chi connectivity index (χ2n) is 25.4. The van der Waals surface area contributed by atoms with Crippen molar-refractivity contribution in [3.05, 3.63) is 35.9 Å². The predicted molar refractivity (Wildman–Crippen MR) is 312 cm³/mol. The SMILES string of the molecule is CC(C)(C)OC(=O)CCC(NC(=O)NC(CCC(=O)NCCCCCCCC(=O)NC(CCCCNC(=O)OC(C)(C)C)C(=O)NC(CCCCNC(=O)OCc1ccccc1)C(=O)OC(C)(C)C)C(=O)OC(C)(C)C)C(=O)OC(C)(C)C. The summed E-state index contributed by atoms with van der Waals surface area (Å²) in [5.74, 6) is -4.11. The lowest BCUT2D eigenvalue weighted by Gasteiger charge is -2.27. The topological polar surface area (TPSA) is 310 Å². The van der Waals surface area contributed by atoms with E-state index in [2.05, 4.69) is 37.2 Å². The first kappa shape index (κ1) is 74.3. The van der Waals surface area contributed by atoms with Crippen LogP contribution in [0.2, 0.25) is 0 Å². The molecule has 4 unspecified atom stereocenters. The maximum Gasteiger partial charge on any atom is 0.407 e. The van der Waals surface area contributed by atoms with Gasteiger partial charge in [-0.25, -0.2) is 28.8 Å². The second kappa shape index (κ2) is 36.8. The fourth-order valence-electron chi connectivity index (χ4n) is 7.63. The van der Waals surface area contributed by atoms with Gasteiger partial charge in [-0.05, 0) is 174 Å². The third-order valence-corrected chi connectivity index (χ3v) is 11.3. The molecule has 0 bridgehead atoms. The number of nitrogens with one attached hydrogen (secondary N) is 7. The highest BCUT2D eigenvalue weighted by Gasteiger charge is 2.33. The van der Waals surface area contributed by atoms with Crippen LogP contribution in [0, 0.1) is 0 Å². The van der Waals surface area contributed by atoms with E-state index in [0.29, 0.717) is 51.5 Å². The highest BCUT2D eigenvalue weighted by molar-refractivity contribution is 5.91. The summed E-state index contributed by atoms with van der Waals surface area (Å²) in [5.41, 5.74) is -3.28. The summed E-state index contributed by atoms with van der Waals surface area (Å²) in [4.78, 5) is 130. The second-order valence-corrected chi connectivity index (χ2v) is 25.4. The Morgan fingerprint density at radius 3 is 1.31 bits per heavy atom. The van der Waals surface area contributed by atoms with Crippen molar-refractivity contribution in [2.75, 3.05) is 19.6 Å². The van der Waals surface area contributed by atoms with Crippen LogP contribution in [-0.2, 0) is 68.6 Å². The summed E-state index contributed by atoms with van der Waals surface area (Å²) in [6, 6.07) is 3.73. The summed E-state index contributed by atoms with van der Waals surface area (Å²) < 4.78 is 32.6. The largest absolute Gasteiger partial charge is 0.460 e. The van der Waals surface area contributed by atoms with Crippen LogP contribution in [0.3, 0.4) is 0 Å². The minimum Gasteiger partial charge on any atom is -0.460 e. The minimum absolute atomic E-state index is 0.116. The van der Waals surface area contributed by atoms with Crippen molar-refractivity contribution < 1.29 is 76.4 Å². The van der Waals surface area contributed by atoms with Crippen molar-refractivity contribution in [2.24, 2.45) is 0 Å². The van der Waals surface area contributed by atoms with Crippen LogP contribution in [-0.4, -0.2) is 132 Å². The molecule has 0 aliphatic heterocycles. The van der Waals surface area contributed by atoms with E-state index in [0.717, 1.165) is 18.4 Å². The number of hydrogen-bond acceptors (Lipinski definition) is 16. The monoisotopic (exact) mass is 1180 g/mol. The lowest BCUT2D eigenvalue weighted by Crippen LogP contribution is -2.53. The molecule has 7 N–H and O–H groups in total. The molecular formula is C60H101N7O16. The molecule has 0 aliphatic rings. The molecular weight excluding hydrogens is 1070 g/mol. The molecule has 1 aromatic carbocycles. The number of carbonyl (C=O) groups is 10. The maximum atomic E-state index is 13.9. The molecule has 1 rings (SSSR count). The number of ether oxygens (including phenoxy) is 6. The van der Waals surface area contributed by atoms with Crippen LogP contribution in [0.4, 0.5) is 14.4 Å². The number of urea groups is 1. The molecule has 83 heavy (non-hydrogen) atoms. The first-order valence-corrected chi connectivity index (χ1v) is 29.2. The molecule has 0 fully saturated rings. The highest BCUT2D eigenvalue weighted by atomic mass is 16.6. The van der Waals surface area contributed by atoms with Gasteiger partial charge in [-0.2, -0.15) is 0 Å². The molecule has 0 spiro atoms. The molecule has 0 heterocycles. The molecule has 4 atom stereocenters. The van der Waals surface area contributed by atoms with Gasteiger partial charge in [-0.15, -0.1) is 0 Å². The number of alkyl carbamates (subject to hydrolysis) is 2. The molecule has 0 aliphatic carbocycles. The van der Waals surface area contributed by atoms with E-state index in [-0.39, 0.29) is 76.5 Å². The normalized spacial score (nSPS) is 13.3. The van der Waals surface area contributed by atoms with Crippen molar-refractivity contribution in [1.29, 1.82) is 0 Å². The molecule has 0 saturated heterocycles. The quantitative estimate of drug-likeness (QED) is 0.0194. The number of carbonyl (C=O) groups excluding carboxylic acids is 10. The number of benzene rings is 1. The Morgan fingerprint density at radius 2 is 0.807 bits per heavy atom. The Morgan fingerprint density at radius 1 is 0.386 bits per heavy atom. The number of hydrogen-bond donors (Lipinski definition) is 7. The van der Waals surface area contributed by atoms with E-state index >= 15 is 0 Å². The van der Waals surface area contributed by atoms with Gasteiger partial charge >= 0.3 is 42.1 Å². The van der Waals surface area contributed by atoms with Gasteiger partial charge in [0.15, 0.2) is 0 Å². The highest BCUT2D eigenvalue weighted by Crippen LogP contribution is 2.17. The molecule has 0 saturated carbocycles. The summed E-state index contributed by atoms with van der Waals surface area (Å²) in [5, 5.41) is 18.9. The van der Waals surface area contributed by atoms with Crippen molar-refractivity contribution >= 4 is 59.8 Å². The molecule has 7 amide bonds. The average molecular weight is 1180 g/mol. The Balaban J connectivity index is 2.85. The fourth-order valence-corrected chi connectivity index (χ4v) is 7.63. The number of rotatable bonds is 34. The van der Waals surface area contributed by atoms with Crippen LogP contribution in [0.25, 0.3) is 0 Å². The summed E-state index contributed by atoms with van der Waals surface area (Å²) in [7, 11) is 0. The van der Waals surface area contributed by atoms with E-state index in [1.165, 1.54) is 0 Å². The van der Waals surface area contributed by atoms with E-state index in [9.17, 15) is 47.9 Å². The smallest absolute Gasteiger partial charge is 0.407 e. The van der Waals surface area contributed by atoms with Gasteiger partial charge in [0.1, 0.15) is 58.8 Å². The summed E-state index contributed by atoms with van der Waals surface area (Å²) in [6.45, 7) is 26.4. The maximum absolute atomic E-state index is 13.9. The third-order valence-electron chi connectivity index (χ3n) is 11.3.